The highest BCUT2D eigenvalue weighted by Gasteiger charge is 2.27. The van der Waals surface area contributed by atoms with Gasteiger partial charge < -0.3 is 9.64 Å². The van der Waals surface area contributed by atoms with E-state index in [1.165, 1.54) is 16.4 Å². The molecule has 4 rings (SSSR count). The van der Waals surface area contributed by atoms with Crippen LogP contribution in [-0.4, -0.2) is 76.1 Å². The second-order valence-corrected chi connectivity index (χ2v) is 10.1. The third-order valence-electron chi connectivity index (χ3n) is 6.17. The molecule has 0 bridgehead atoms. The molecule has 32 heavy (non-hydrogen) atoms. The number of para-hydroxylation sites is 1. The lowest BCUT2D eigenvalue weighted by molar-refractivity contribution is 0.0432. The second-order valence-electron chi connectivity index (χ2n) is 8.26. The van der Waals surface area contributed by atoms with E-state index in [1.807, 2.05) is 23.1 Å². The third-order valence-corrected chi connectivity index (χ3v) is 8.08. The minimum atomic E-state index is -3.70. The molecule has 2 aliphatic heterocycles. The molecule has 1 atom stereocenters. The second kappa shape index (κ2) is 10.0. The molecule has 2 saturated heterocycles. The molecule has 0 aromatic heterocycles. The maximum atomic E-state index is 13.1. The highest BCUT2D eigenvalue weighted by Crippen LogP contribution is 2.24. The number of piperazine rings is 1. The van der Waals surface area contributed by atoms with Crippen molar-refractivity contribution < 1.29 is 17.9 Å². The number of amides is 1. The van der Waals surface area contributed by atoms with E-state index in [9.17, 15) is 13.2 Å². The molecule has 0 aliphatic carbocycles. The van der Waals surface area contributed by atoms with Gasteiger partial charge in [0.25, 0.3) is 15.9 Å². The van der Waals surface area contributed by atoms with Gasteiger partial charge in [-0.25, -0.2) is 8.42 Å². The first-order valence-corrected chi connectivity index (χ1v) is 12.7. The van der Waals surface area contributed by atoms with E-state index in [2.05, 4.69) is 4.90 Å². The summed E-state index contributed by atoms with van der Waals surface area (Å²) in [7, 11) is -3.70. The van der Waals surface area contributed by atoms with Crippen LogP contribution < -0.4 is 4.31 Å². The third kappa shape index (κ3) is 4.98. The van der Waals surface area contributed by atoms with Gasteiger partial charge in [0.2, 0.25) is 0 Å². The summed E-state index contributed by atoms with van der Waals surface area (Å²) in [6, 6.07) is 15.3. The molecule has 1 amide bonds. The van der Waals surface area contributed by atoms with Gasteiger partial charge in [0.15, 0.2) is 0 Å². The number of benzene rings is 2. The van der Waals surface area contributed by atoms with E-state index < -0.39 is 10.0 Å². The predicted octanol–water partition coefficient (Wildman–Crippen LogP) is 2.84. The summed E-state index contributed by atoms with van der Waals surface area (Å²) in [6.07, 6.45) is 2.58. The first-order valence-electron chi connectivity index (χ1n) is 11.3. The summed E-state index contributed by atoms with van der Waals surface area (Å²) < 4.78 is 33.4. The minimum Gasteiger partial charge on any atom is -0.377 e. The first kappa shape index (κ1) is 22.8. The smallest absolute Gasteiger partial charge is 0.264 e. The van der Waals surface area contributed by atoms with Crippen LogP contribution in [0.15, 0.2) is 59.5 Å². The van der Waals surface area contributed by atoms with Gasteiger partial charge >= 0.3 is 0 Å². The minimum absolute atomic E-state index is 0.0545. The lowest BCUT2D eigenvalue weighted by Gasteiger charge is -2.35. The quantitative estimate of drug-likeness (QED) is 0.640. The van der Waals surface area contributed by atoms with Gasteiger partial charge in [-0.1, -0.05) is 18.2 Å². The summed E-state index contributed by atoms with van der Waals surface area (Å²) in [5.41, 5.74) is 1.13. The Kier molecular flexibility index (Phi) is 7.13. The highest BCUT2D eigenvalue weighted by atomic mass is 32.2. The normalized spacial score (nSPS) is 19.8. The predicted molar refractivity (Wildman–Crippen MR) is 124 cm³/mol. The van der Waals surface area contributed by atoms with Crippen LogP contribution in [0, 0.1) is 0 Å². The van der Waals surface area contributed by atoms with Crippen LogP contribution in [0.25, 0.3) is 0 Å². The number of rotatable bonds is 7. The molecular weight excluding hydrogens is 426 g/mol. The standard InChI is InChI=1S/C24H31N3O4S/c1-2-27(21-7-4-3-5-8-21)32(29,30)23-12-10-20(11-13-23)24(28)26-16-14-25(15-17-26)19-22-9-6-18-31-22/h3-5,7-8,10-13,22H,2,6,9,14-19H2,1H3/t22-/m0/s1. The molecule has 0 radical (unpaired) electrons. The molecule has 2 aliphatic rings. The van der Waals surface area contributed by atoms with Crippen molar-refractivity contribution in [2.45, 2.75) is 30.8 Å². The molecule has 0 unspecified atom stereocenters. The fraction of sp³-hybridized carbons (Fsp3) is 0.458. The highest BCUT2D eigenvalue weighted by molar-refractivity contribution is 7.92. The molecule has 2 fully saturated rings. The van der Waals surface area contributed by atoms with Gasteiger partial charge in [-0.05, 0) is 56.2 Å². The Balaban J connectivity index is 1.39. The Labute approximate surface area is 190 Å². The average molecular weight is 458 g/mol. The van der Waals surface area contributed by atoms with Crippen molar-refractivity contribution in [1.82, 2.24) is 9.80 Å². The van der Waals surface area contributed by atoms with Crippen molar-refractivity contribution in [2.75, 3.05) is 50.2 Å². The Hall–Kier alpha value is -2.42. The SMILES string of the molecule is CCN(c1ccccc1)S(=O)(=O)c1ccc(C(=O)N2CCN(C[C@@H]3CCCO3)CC2)cc1. The van der Waals surface area contributed by atoms with E-state index in [1.54, 1.807) is 31.2 Å². The van der Waals surface area contributed by atoms with Crippen LogP contribution in [0.5, 0.6) is 0 Å². The topological polar surface area (TPSA) is 70.2 Å². The van der Waals surface area contributed by atoms with Gasteiger partial charge in [-0.3, -0.25) is 14.0 Å². The molecule has 0 spiro atoms. The molecule has 8 heteroatoms. The van der Waals surface area contributed by atoms with Gasteiger partial charge in [0, 0.05) is 51.4 Å². The summed E-state index contributed by atoms with van der Waals surface area (Å²) in [6.45, 7) is 6.93. The van der Waals surface area contributed by atoms with E-state index in [0.29, 0.717) is 37.0 Å². The molecule has 2 heterocycles. The maximum absolute atomic E-state index is 13.1. The molecule has 0 saturated carbocycles. The number of carbonyl (C=O) groups excluding carboxylic acids is 1. The van der Waals surface area contributed by atoms with Gasteiger partial charge in [0.1, 0.15) is 0 Å². The summed E-state index contributed by atoms with van der Waals surface area (Å²) in [5, 5.41) is 0. The van der Waals surface area contributed by atoms with Crippen LogP contribution in [0.3, 0.4) is 0 Å². The van der Waals surface area contributed by atoms with Crippen molar-refractivity contribution >= 4 is 21.6 Å². The van der Waals surface area contributed by atoms with E-state index in [4.69, 9.17) is 4.74 Å². The summed E-state index contributed by atoms with van der Waals surface area (Å²) in [4.78, 5) is 17.3. The monoisotopic (exact) mass is 457 g/mol. The number of anilines is 1. The summed E-state index contributed by atoms with van der Waals surface area (Å²) >= 11 is 0. The van der Waals surface area contributed by atoms with Crippen LogP contribution in [0.2, 0.25) is 0 Å². The largest absolute Gasteiger partial charge is 0.377 e. The molecule has 2 aromatic rings. The number of carbonyl (C=O) groups is 1. The number of hydrogen-bond donors (Lipinski definition) is 0. The lowest BCUT2D eigenvalue weighted by atomic mass is 10.1. The molecule has 2 aromatic carbocycles. The number of nitrogens with zero attached hydrogens (tertiary/aromatic N) is 3. The zero-order chi connectivity index (χ0) is 22.6. The van der Waals surface area contributed by atoms with E-state index in [0.717, 1.165) is 39.1 Å². The lowest BCUT2D eigenvalue weighted by Crippen LogP contribution is -2.50. The van der Waals surface area contributed by atoms with Crippen molar-refractivity contribution in [3.8, 4) is 0 Å². The van der Waals surface area contributed by atoms with E-state index >= 15 is 0 Å². The van der Waals surface area contributed by atoms with Crippen LogP contribution in [0.1, 0.15) is 30.1 Å². The number of sulfonamides is 1. The molecular formula is C24H31N3O4S. The van der Waals surface area contributed by atoms with Crippen molar-refractivity contribution in [3.05, 3.63) is 60.2 Å². The summed E-state index contributed by atoms with van der Waals surface area (Å²) in [5.74, 6) is -0.0545. The average Bonchev–Trinajstić information content (AvgIpc) is 3.33. The van der Waals surface area contributed by atoms with Gasteiger partial charge in [-0.15, -0.1) is 0 Å². The van der Waals surface area contributed by atoms with Crippen LogP contribution in [-0.2, 0) is 14.8 Å². The maximum Gasteiger partial charge on any atom is 0.264 e. The number of ether oxygens (including phenoxy) is 1. The number of hydrogen-bond acceptors (Lipinski definition) is 5. The molecule has 0 N–H and O–H groups in total. The van der Waals surface area contributed by atoms with Crippen LogP contribution >= 0.6 is 0 Å². The van der Waals surface area contributed by atoms with Crippen molar-refractivity contribution in [2.24, 2.45) is 0 Å². The van der Waals surface area contributed by atoms with Crippen molar-refractivity contribution in [1.29, 1.82) is 0 Å². The zero-order valence-corrected chi connectivity index (χ0v) is 19.3. The molecule has 172 valence electrons. The van der Waals surface area contributed by atoms with Crippen LogP contribution in [0.4, 0.5) is 5.69 Å². The fourth-order valence-corrected chi connectivity index (χ4v) is 5.85. The van der Waals surface area contributed by atoms with Gasteiger partial charge in [0.05, 0.1) is 16.7 Å². The zero-order valence-electron chi connectivity index (χ0n) is 18.5. The Morgan fingerprint density at radius 2 is 1.72 bits per heavy atom. The van der Waals surface area contributed by atoms with E-state index in [-0.39, 0.29) is 10.8 Å². The Morgan fingerprint density at radius 1 is 1.03 bits per heavy atom. The Morgan fingerprint density at radius 3 is 2.31 bits per heavy atom. The van der Waals surface area contributed by atoms with Gasteiger partial charge in [-0.2, -0.15) is 0 Å². The van der Waals surface area contributed by atoms with Crippen molar-refractivity contribution in [3.63, 3.8) is 0 Å². The molecule has 7 nitrogen and oxygen atoms in total. The Bertz CT molecular complexity index is 997. The fourth-order valence-electron chi connectivity index (χ4n) is 4.37. The first-order chi connectivity index (χ1) is 15.5.